The van der Waals surface area contributed by atoms with Crippen molar-refractivity contribution < 1.29 is 27.9 Å². The number of aromatic nitrogens is 2. The number of aliphatic carboxylic acids is 1. The van der Waals surface area contributed by atoms with Crippen molar-refractivity contribution in [3.05, 3.63) is 82.9 Å². The highest BCUT2D eigenvalue weighted by molar-refractivity contribution is 5.81. The minimum atomic E-state index is -4.53. The quantitative estimate of drug-likeness (QED) is 0.486. The lowest BCUT2D eigenvalue weighted by Gasteiger charge is -2.25. The molecule has 0 atom stereocenters. The lowest BCUT2D eigenvalue weighted by molar-refractivity contribution is -0.141. The van der Waals surface area contributed by atoms with E-state index >= 15 is 0 Å². The molecule has 1 amide bonds. The average molecular weight is 483 g/mol. The van der Waals surface area contributed by atoms with E-state index < -0.39 is 17.8 Å². The van der Waals surface area contributed by atoms with Gasteiger partial charge in [0.05, 0.1) is 6.42 Å². The number of benzene rings is 1. The van der Waals surface area contributed by atoms with Crippen LogP contribution in [0.25, 0.3) is 11.1 Å². The maximum absolute atomic E-state index is 13.1. The molecule has 3 aromatic rings. The summed E-state index contributed by atoms with van der Waals surface area (Å²) in [4.78, 5) is 33.6. The summed E-state index contributed by atoms with van der Waals surface area (Å²) < 4.78 is 38.7. The number of rotatable bonds is 8. The summed E-state index contributed by atoms with van der Waals surface area (Å²) in [6.45, 7) is 2.31. The number of alkyl halides is 3. The van der Waals surface area contributed by atoms with Crippen molar-refractivity contribution in [1.82, 2.24) is 14.9 Å². The van der Waals surface area contributed by atoms with Crippen LogP contribution in [0.15, 0.2) is 55.0 Å². The summed E-state index contributed by atoms with van der Waals surface area (Å²) in [6.07, 6.45) is 1.21. The molecule has 0 radical (unpaired) electrons. The molecule has 1 saturated carbocycles. The van der Waals surface area contributed by atoms with Gasteiger partial charge in [-0.3, -0.25) is 19.6 Å². The smallest absolute Gasteiger partial charge is 0.433 e. The molecular weight excluding hydrogens is 459 g/mol. The van der Waals surface area contributed by atoms with E-state index in [2.05, 4.69) is 9.97 Å². The zero-order valence-electron chi connectivity index (χ0n) is 19.0. The molecule has 0 bridgehead atoms. The molecule has 1 aliphatic carbocycles. The third-order valence-corrected chi connectivity index (χ3v) is 5.81. The Bertz CT molecular complexity index is 1240. The molecular formula is C26H24F3N3O3. The van der Waals surface area contributed by atoms with Crippen LogP contribution in [0.4, 0.5) is 13.2 Å². The number of halogens is 3. The van der Waals surface area contributed by atoms with Gasteiger partial charge in [-0.25, -0.2) is 0 Å². The van der Waals surface area contributed by atoms with E-state index in [0.29, 0.717) is 11.1 Å². The number of carboxylic acid groups (broad SMARTS) is 1. The van der Waals surface area contributed by atoms with Gasteiger partial charge in [0.1, 0.15) is 5.69 Å². The van der Waals surface area contributed by atoms with Crippen LogP contribution in [-0.2, 0) is 35.3 Å². The maximum atomic E-state index is 13.1. The second-order valence-electron chi connectivity index (χ2n) is 8.83. The second kappa shape index (κ2) is 9.85. The molecule has 4 rings (SSSR count). The number of nitrogens with zero attached hydrogens (tertiary/aromatic N) is 3. The van der Waals surface area contributed by atoms with Gasteiger partial charge >= 0.3 is 12.1 Å². The predicted octanol–water partition coefficient (Wildman–Crippen LogP) is 5.04. The van der Waals surface area contributed by atoms with Crippen LogP contribution < -0.4 is 0 Å². The largest absolute Gasteiger partial charge is 0.481 e. The Balaban J connectivity index is 1.64. The molecule has 1 aromatic carbocycles. The molecule has 0 unspecified atom stereocenters. The number of amides is 1. The Labute approximate surface area is 200 Å². The summed E-state index contributed by atoms with van der Waals surface area (Å²) >= 11 is 0. The van der Waals surface area contributed by atoms with E-state index in [-0.39, 0.29) is 31.3 Å². The number of pyridine rings is 2. The lowest BCUT2D eigenvalue weighted by Crippen LogP contribution is -2.31. The van der Waals surface area contributed by atoms with Crippen LogP contribution in [0.3, 0.4) is 0 Å². The van der Waals surface area contributed by atoms with Crippen LogP contribution in [0.5, 0.6) is 0 Å². The number of carboxylic acids is 1. The first-order chi connectivity index (χ1) is 16.6. The number of carbonyl (C=O) groups excluding carboxylic acids is 1. The zero-order valence-corrected chi connectivity index (χ0v) is 19.0. The summed E-state index contributed by atoms with van der Waals surface area (Å²) in [5, 5.41) is 9.12. The Morgan fingerprint density at radius 3 is 2.43 bits per heavy atom. The van der Waals surface area contributed by atoms with Gasteiger partial charge < -0.3 is 10.0 Å². The van der Waals surface area contributed by atoms with Crippen LogP contribution in [-0.4, -0.2) is 31.9 Å². The van der Waals surface area contributed by atoms with Crippen LogP contribution in [0.2, 0.25) is 0 Å². The molecule has 0 saturated heterocycles. The van der Waals surface area contributed by atoms with E-state index in [1.54, 1.807) is 17.2 Å². The van der Waals surface area contributed by atoms with E-state index in [0.717, 1.165) is 47.4 Å². The summed E-state index contributed by atoms with van der Waals surface area (Å²) in [5.41, 5.74) is 3.45. The Morgan fingerprint density at radius 2 is 1.80 bits per heavy atom. The Kier molecular flexibility index (Phi) is 6.86. The van der Waals surface area contributed by atoms with Crippen molar-refractivity contribution in [3.63, 3.8) is 0 Å². The average Bonchev–Trinajstić information content (AvgIpc) is 3.63. The molecule has 1 aliphatic rings. The van der Waals surface area contributed by atoms with Crippen molar-refractivity contribution in [1.29, 1.82) is 0 Å². The highest BCUT2D eigenvalue weighted by Gasteiger charge is 2.34. The molecule has 6 nitrogen and oxygen atoms in total. The first-order valence-corrected chi connectivity index (χ1v) is 11.2. The van der Waals surface area contributed by atoms with Crippen LogP contribution >= 0.6 is 0 Å². The molecule has 0 spiro atoms. The fraction of sp³-hybridized carbons (Fsp3) is 0.308. The van der Waals surface area contributed by atoms with Gasteiger partial charge in [-0.15, -0.1) is 0 Å². The fourth-order valence-corrected chi connectivity index (χ4v) is 3.95. The maximum Gasteiger partial charge on any atom is 0.433 e. The van der Waals surface area contributed by atoms with Crippen molar-refractivity contribution in [3.8, 4) is 11.1 Å². The van der Waals surface area contributed by atoms with Gasteiger partial charge in [0.15, 0.2) is 0 Å². The van der Waals surface area contributed by atoms with E-state index in [1.807, 2.05) is 25.1 Å². The van der Waals surface area contributed by atoms with Crippen molar-refractivity contribution in [2.45, 2.75) is 45.5 Å². The normalized spacial score (nSPS) is 13.5. The van der Waals surface area contributed by atoms with Gasteiger partial charge in [-0.05, 0) is 54.2 Å². The molecule has 9 heteroatoms. The van der Waals surface area contributed by atoms with Crippen LogP contribution in [0, 0.1) is 12.8 Å². The first-order valence-electron chi connectivity index (χ1n) is 11.2. The monoisotopic (exact) mass is 483 g/mol. The van der Waals surface area contributed by atoms with E-state index in [9.17, 15) is 22.8 Å². The third kappa shape index (κ3) is 6.23. The second-order valence-corrected chi connectivity index (χ2v) is 8.83. The topological polar surface area (TPSA) is 83.4 Å². The lowest BCUT2D eigenvalue weighted by atomic mass is 9.97. The Hall–Kier alpha value is -3.75. The van der Waals surface area contributed by atoms with Gasteiger partial charge in [-0.2, -0.15) is 13.2 Å². The fourth-order valence-electron chi connectivity index (χ4n) is 3.95. The minimum Gasteiger partial charge on any atom is -0.481 e. The minimum absolute atomic E-state index is 0.0462. The highest BCUT2D eigenvalue weighted by atomic mass is 19.4. The standard InChI is InChI=1S/C26H24F3N3O3/c1-16-2-6-22(20-9-18(10-24(33)34)11-30-13-20)21(8-16)15-32(25(35)19-4-5-19)14-17-3-7-23(31-12-17)26(27,28)29/h2-3,6-9,11-13,19H,4-5,10,14-15H2,1H3,(H,33,34). The zero-order chi connectivity index (χ0) is 25.2. The summed E-state index contributed by atoms with van der Waals surface area (Å²) in [7, 11) is 0. The van der Waals surface area contributed by atoms with E-state index in [1.165, 1.54) is 12.3 Å². The Morgan fingerprint density at radius 1 is 1.03 bits per heavy atom. The molecule has 35 heavy (non-hydrogen) atoms. The molecule has 1 fully saturated rings. The highest BCUT2D eigenvalue weighted by Crippen LogP contribution is 2.34. The molecule has 2 heterocycles. The van der Waals surface area contributed by atoms with Gasteiger partial charge in [0, 0.05) is 43.2 Å². The van der Waals surface area contributed by atoms with Gasteiger partial charge in [0.2, 0.25) is 5.91 Å². The van der Waals surface area contributed by atoms with E-state index in [4.69, 9.17) is 5.11 Å². The number of carbonyl (C=O) groups is 2. The third-order valence-electron chi connectivity index (χ3n) is 5.81. The van der Waals surface area contributed by atoms with Crippen LogP contribution in [0.1, 0.15) is 40.8 Å². The molecule has 0 aliphatic heterocycles. The van der Waals surface area contributed by atoms with Crippen molar-refractivity contribution in [2.75, 3.05) is 0 Å². The van der Waals surface area contributed by atoms with Gasteiger partial charge in [-0.1, -0.05) is 29.8 Å². The summed E-state index contributed by atoms with van der Waals surface area (Å²) in [6, 6.07) is 9.83. The SMILES string of the molecule is Cc1ccc(-c2cncc(CC(=O)O)c2)c(CN(Cc2ccc(C(F)(F)F)nc2)C(=O)C2CC2)c1. The predicted molar refractivity (Wildman–Crippen MR) is 122 cm³/mol. The number of hydrogen-bond donors (Lipinski definition) is 1. The number of aryl methyl sites for hydroxylation is 1. The summed E-state index contributed by atoms with van der Waals surface area (Å²) in [5.74, 6) is -1.08. The first kappa shape index (κ1) is 24.4. The van der Waals surface area contributed by atoms with Crippen molar-refractivity contribution in [2.24, 2.45) is 5.92 Å². The van der Waals surface area contributed by atoms with Gasteiger partial charge in [0.25, 0.3) is 0 Å². The molecule has 1 N–H and O–H groups in total. The molecule has 182 valence electrons. The molecule has 2 aromatic heterocycles. The number of hydrogen-bond acceptors (Lipinski definition) is 4. The van der Waals surface area contributed by atoms with Crippen molar-refractivity contribution >= 4 is 11.9 Å².